The lowest BCUT2D eigenvalue weighted by Crippen LogP contribution is -2.44. The van der Waals surface area contributed by atoms with E-state index in [4.69, 9.17) is 5.11 Å². The number of rotatable bonds is 5. The molecule has 18 heavy (non-hydrogen) atoms. The minimum absolute atomic E-state index is 0.125. The van der Waals surface area contributed by atoms with Crippen LogP contribution in [0.25, 0.3) is 0 Å². The number of nitrogens with zero attached hydrogens (tertiary/aromatic N) is 1. The molecule has 3 nitrogen and oxygen atoms in total. The number of carbonyl (C=O) groups is 1. The van der Waals surface area contributed by atoms with Crippen LogP contribution in [0.1, 0.15) is 30.9 Å². The fourth-order valence-electron chi connectivity index (χ4n) is 2.45. The molecule has 1 aromatic carbocycles. The van der Waals surface area contributed by atoms with E-state index in [-0.39, 0.29) is 5.92 Å². The van der Waals surface area contributed by atoms with Crippen molar-refractivity contribution in [3.8, 4) is 0 Å². The maximum atomic E-state index is 10.8. The smallest absolute Gasteiger partial charge is 0.306 e. The Morgan fingerprint density at radius 1 is 1.28 bits per heavy atom. The van der Waals surface area contributed by atoms with Crippen LogP contribution in [-0.2, 0) is 17.8 Å². The zero-order valence-electron chi connectivity index (χ0n) is 11.1. The van der Waals surface area contributed by atoms with Crippen LogP contribution in [0, 0.1) is 5.92 Å². The summed E-state index contributed by atoms with van der Waals surface area (Å²) >= 11 is 0. The molecule has 2 rings (SSSR count). The largest absolute Gasteiger partial charge is 0.481 e. The number of aryl methyl sites for hydroxylation is 1. The van der Waals surface area contributed by atoms with Crippen molar-refractivity contribution in [2.45, 2.75) is 38.8 Å². The molecular formula is C15H21NO2. The van der Waals surface area contributed by atoms with Crippen molar-refractivity contribution in [1.29, 1.82) is 0 Å². The lowest BCUT2D eigenvalue weighted by Gasteiger charge is -2.39. The molecule has 1 aliphatic carbocycles. The maximum Gasteiger partial charge on any atom is 0.306 e. The second kappa shape index (κ2) is 5.53. The molecule has 1 saturated carbocycles. The van der Waals surface area contributed by atoms with Crippen LogP contribution in [0.2, 0.25) is 0 Å². The number of benzene rings is 1. The third-order valence-electron chi connectivity index (χ3n) is 3.95. The fraction of sp³-hybridized carbons (Fsp3) is 0.533. The highest BCUT2D eigenvalue weighted by Crippen LogP contribution is 2.31. The topological polar surface area (TPSA) is 40.5 Å². The second-order valence-corrected chi connectivity index (χ2v) is 5.25. The lowest BCUT2D eigenvalue weighted by molar-refractivity contribution is -0.146. The second-order valence-electron chi connectivity index (χ2n) is 5.25. The summed E-state index contributed by atoms with van der Waals surface area (Å²) in [6, 6.07) is 9.11. The molecule has 0 unspecified atom stereocenters. The highest BCUT2D eigenvalue weighted by atomic mass is 16.4. The van der Waals surface area contributed by atoms with Gasteiger partial charge in [0.05, 0.1) is 5.92 Å². The highest BCUT2D eigenvalue weighted by molar-refractivity contribution is 5.71. The normalized spacial score (nSPS) is 22.8. The number of hydrogen-bond acceptors (Lipinski definition) is 2. The molecular weight excluding hydrogens is 226 g/mol. The molecule has 0 atom stereocenters. The molecule has 3 heteroatoms. The Morgan fingerprint density at radius 2 is 1.83 bits per heavy atom. The van der Waals surface area contributed by atoms with Crippen molar-refractivity contribution >= 4 is 5.97 Å². The standard InChI is InChI=1S/C15H21NO2/c1-3-11-4-6-12(7-5-11)10-16(2)14-8-13(9-14)15(17)18/h4-7,13-14H,3,8-10H2,1-2H3,(H,17,18). The Bertz CT molecular complexity index is 407. The van der Waals surface area contributed by atoms with Crippen LogP contribution >= 0.6 is 0 Å². The summed E-state index contributed by atoms with van der Waals surface area (Å²) < 4.78 is 0. The number of carboxylic acids is 1. The van der Waals surface area contributed by atoms with E-state index < -0.39 is 5.97 Å². The SMILES string of the molecule is CCc1ccc(CN(C)C2CC(C(=O)O)C2)cc1. The minimum atomic E-state index is -0.646. The average Bonchev–Trinajstić information content (AvgIpc) is 2.27. The van der Waals surface area contributed by atoms with E-state index in [1.807, 2.05) is 0 Å². The van der Waals surface area contributed by atoms with Crippen molar-refractivity contribution in [2.75, 3.05) is 7.05 Å². The molecule has 0 amide bonds. The van der Waals surface area contributed by atoms with Crippen molar-refractivity contribution in [3.63, 3.8) is 0 Å². The van der Waals surface area contributed by atoms with Gasteiger partial charge in [0.25, 0.3) is 0 Å². The third kappa shape index (κ3) is 2.91. The summed E-state index contributed by atoms with van der Waals surface area (Å²) in [5.41, 5.74) is 2.66. The van der Waals surface area contributed by atoms with Gasteiger partial charge in [-0.25, -0.2) is 0 Å². The number of hydrogen-bond donors (Lipinski definition) is 1. The molecule has 0 spiro atoms. The molecule has 0 bridgehead atoms. The Hall–Kier alpha value is -1.35. The van der Waals surface area contributed by atoms with Gasteiger partial charge >= 0.3 is 5.97 Å². The van der Waals surface area contributed by atoms with E-state index in [1.165, 1.54) is 11.1 Å². The Labute approximate surface area is 108 Å². The lowest BCUT2D eigenvalue weighted by atomic mass is 9.79. The van der Waals surface area contributed by atoms with Crippen LogP contribution in [0.4, 0.5) is 0 Å². The van der Waals surface area contributed by atoms with E-state index >= 15 is 0 Å². The molecule has 1 fully saturated rings. The summed E-state index contributed by atoms with van der Waals surface area (Å²) in [4.78, 5) is 13.0. The van der Waals surface area contributed by atoms with Crippen molar-refractivity contribution in [3.05, 3.63) is 35.4 Å². The van der Waals surface area contributed by atoms with E-state index in [9.17, 15) is 4.79 Å². The Kier molecular flexibility index (Phi) is 4.02. The van der Waals surface area contributed by atoms with Gasteiger partial charge in [0.2, 0.25) is 0 Å². The molecule has 1 aliphatic rings. The van der Waals surface area contributed by atoms with Gasteiger partial charge in [-0.2, -0.15) is 0 Å². The summed E-state index contributed by atoms with van der Waals surface area (Å²) in [5, 5.41) is 8.86. The molecule has 0 heterocycles. The predicted molar refractivity (Wildman–Crippen MR) is 71.4 cm³/mol. The molecule has 1 aromatic rings. The monoisotopic (exact) mass is 247 g/mol. The van der Waals surface area contributed by atoms with Gasteiger partial charge in [-0.05, 0) is 37.4 Å². The maximum absolute atomic E-state index is 10.8. The summed E-state index contributed by atoms with van der Waals surface area (Å²) in [6.07, 6.45) is 2.65. The van der Waals surface area contributed by atoms with Gasteiger partial charge in [-0.1, -0.05) is 31.2 Å². The van der Waals surface area contributed by atoms with Crippen molar-refractivity contribution in [1.82, 2.24) is 4.90 Å². The minimum Gasteiger partial charge on any atom is -0.481 e. The molecule has 0 radical (unpaired) electrons. The first kappa shape index (κ1) is 13.1. The Morgan fingerprint density at radius 3 is 2.33 bits per heavy atom. The third-order valence-corrected chi connectivity index (χ3v) is 3.95. The predicted octanol–water partition coefficient (Wildman–Crippen LogP) is 2.54. The van der Waals surface area contributed by atoms with Crippen molar-refractivity contribution < 1.29 is 9.90 Å². The average molecular weight is 247 g/mol. The van der Waals surface area contributed by atoms with E-state index in [0.717, 1.165) is 25.8 Å². The summed E-state index contributed by atoms with van der Waals surface area (Å²) in [6.45, 7) is 3.06. The molecule has 0 aromatic heterocycles. The first-order valence-corrected chi connectivity index (χ1v) is 6.61. The van der Waals surface area contributed by atoms with Crippen LogP contribution in [-0.4, -0.2) is 29.1 Å². The van der Waals surface area contributed by atoms with Crippen LogP contribution < -0.4 is 0 Å². The first-order chi connectivity index (χ1) is 8.60. The van der Waals surface area contributed by atoms with E-state index in [2.05, 4.69) is 43.1 Å². The molecule has 0 saturated heterocycles. The van der Waals surface area contributed by atoms with Crippen LogP contribution in [0.3, 0.4) is 0 Å². The van der Waals surface area contributed by atoms with Gasteiger partial charge in [0.15, 0.2) is 0 Å². The summed E-state index contributed by atoms with van der Waals surface area (Å²) in [5.74, 6) is -0.771. The molecule has 98 valence electrons. The van der Waals surface area contributed by atoms with Gasteiger partial charge in [-0.3, -0.25) is 9.69 Å². The quantitative estimate of drug-likeness (QED) is 0.869. The van der Waals surface area contributed by atoms with Crippen LogP contribution in [0.15, 0.2) is 24.3 Å². The number of aliphatic carboxylic acids is 1. The highest BCUT2D eigenvalue weighted by Gasteiger charge is 2.36. The van der Waals surface area contributed by atoms with E-state index in [0.29, 0.717) is 6.04 Å². The zero-order chi connectivity index (χ0) is 13.1. The van der Waals surface area contributed by atoms with Crippen molar-refractivity contribution in [2.24, 2.45) is 5.92 Å². The van der Waals surface area contributed by atoms with Gasteiger partial charge < -0.3 is 5.11 Å². The van der Waals surface area contributed by atoms with Gasteiger partial charge in [0, 0.05) is 12.6 Å². The molecule has 0 aliphatic heterocycles. The fourth-order valence-corrected chi connectivity index (χ4v) is 2.45. The van der Waals surface area contributed by atoms with Crippen LogP contribution in [0.5, 0.6) is 0 Å². The number of carboxylic acid groups (broad SMARTS) is 1. The van der Waals surface area contributed by atoms with Gasteiger partial charge in [0.1, 0.15) is 0 Å². The van der Waals surface area contributed by atoms with E-state index in [1.54, 1.807) is 0 Å². The first-order valence-electron chi connectivity index (χ1n) is 6.61. The summed E-state index contributed by atoms with van der Waals surface area (Å²) in [7, 11) is 2.08. The zero-order valence-corrected chi connectivity index (χ0v) is 11.1. The Balaban J connectivity index is 1.84. The van der Waals surface area contributed by atoms with Gasteiger partial charge in [-0.15, -0.1) is 0 Å². The molecule has 1 N–H and O–H groups in total.